The van der Waals surface area contributed by atoms with E-state index in [1.807, 2.05) is 39.0 Å². The number of ether oxygens (including phenoxy) is 2. The summed E-state index contributed by atoms with van der Waals surface area (Å²) in [5, 5.41) is 0. The molecule has 0 aliphatic heterocycles. The molecule has 4 nitrogen and oxygen atoms in total. The van der Waals surface area contributed by atoms with Gasteiger partial charge in [0.25, 0.3) is 0 Å². The van der Waals surface area contributed by atoms with Crippen molar-refractivity contribution in [1.82, 2.24) is 4.90 Å². The average Bonchev–Trinajstić information content (AvgIpc) is 2.41. The lowest BCUT2D eigenvalue weighted by Crippen LogP contribution is -2.33. The van der Waals surface area contributed by atoms with Crippen molar-refractivity contribution >= 4 is 0 Å². The van der Waals surface area contributed by atoms with Crippen LogP contribution in [0.3, 0.4) is 0 Å². The molecule has 0 radical (unpaired) electrons. The molecule has 0 fully saturated rings. The van der Waals surface area contributed by atoms with Gasteiger partial charge in [0.15, 0.2) is 0 Å². The second-order valence-corrected chi connectivity index (χ2v) is 5.12. The van der Waals surface area contributed by atoms with Crippen LogP contribution in [-0.4, -0.2) is 44.4 Å². The average molecular weight is 280 g/mol. The molecule has 0 saturated heterocycles. The molecule has 1 aromatic carbocycles. The molecule has 2 N–H and O–H groups in total. The molecule has 114 valence electrons. The number of para-hydroxylation sites is 1. The summed E-state index contributed by atoms with van der Waals surface area (Å²) in [5.74, 6) is 0.919. The summed E-state index contributed by atoms with van der Waals surface area (Å²) >= 11 is 0. The van der Waals surface area contributed by atoms with E-state index in [2.05, 4.69) is 18.0 Å². The summed E-state index contributed by atoms with van der Waals surface area (Å²) in [6.07, 6.45) is 0.260. The summed E-state index contributed by atoms with van der Waals surface area (Å²) in [7, 11) is 2.07. The molecule has 1 atom stereocenters. The van der Waals surface area contributed by atoms with Gasteiger partial charge in [-0.15, -0.1) is 0 Å². The Morgan fingerprint density at radius 2 is 1.95 bits per heavy atom. The van der Waals surface area contributed by atoms with E-state index in [0.717, 1.165) is 17.9 Å². The lowest BCUT2D eigenvalue weighted by molar-refractivity contribution is 0.0561. The van der Waals surface area contributed by atoms with Gasteiger partial charge in [0.1, 0.15) is 5.75 Å². The third kappa shape index (κ3) is 5.12. The first-order chi connectivity index (χ1) is 9.60. The lowest BCUT2D eigenvalue weighted by atomic mass is 10.0. The minimum absolute atomic E-state index is 0.147. The zero-order chi connectivity index (χ0) is 15.0. The summed E-state index contributed by atoms with van der Waals surface area (Å²) in [6.45, 7) is 8.86. The van der Waals surface area contributed by atoms with Crippen molar-refractivity contribution in [1.29, 1.82) is 0 Å². The van der Waals surface area contributed by atoms with Gasteiger partial charge in [-0.3, -0.25) is 4.90 Å². The van der Waals surface area contributed by atoms with Crippen molar-refractivity contribution in [2.75, 3.05) is 33.4 Å². The molecule has 0 heterocycles. The van der Waals surface area contributed by atoms with E-state index >= 15 is 0 Å². The van der Waals surface area contributed by atoms with Gasteiger partial charge < -0.3 is 15.2 Å². The summed E-state index contributed by atoms with van der Waals surface area (Å²) < 4.78 is 11.3. The van der Waals surface area contributed by atoms with E-state index in [4.69, 9.17) is 15.2 Å². The van der Waals surface area contributed by atoms with Crippen molar-refractivity contribution < 1.29 is 9.47 Å². The number of rotatable bonds is 9. The third-order valence-electron chi connectivity index (χ3n) is 3.23. The highest BCUT2D eigenvalue weighted by atomic mass is 16.5. The predicted octanol–water partition coefficient (Wildman–Crippen LogP) is 2.44. The number of benzene rings is 1. The van der Waals surface area contributed by atoms with Crippen molar-refractivity contribution in [2.24, 2.45) is 5.73 Å². The fourth-order valence-corrected chi connectivity index (χ4v) is 2.18. The van der Waals surface area contributed by atoms with Gasteiger partial charge in [0, 0.05) is 18.7 Å². The van der Waals surface area contributed by atoms with Gasteiger partial charge >= 0.3 is 0 Å². The highest BCUT2D eigenvalue weighted by Gasteiger charge is 2.19. The monoisotopic (exact) mass is 280 g/mol. The molecule has 20 heavy (non-hydrogen) atoms. The SMILES string of the molecule is CCOc1ccccc1C(CN)N(C)CCOC(C)C. The molecule has 1 aromatic rings. The quantitative estimate of drug-likeness (QED) is 0.755. The van der Waals surface area contributed by atoms with E-state index in [-0.39, 0.29) is 12.1 Å². The largest absolute Gasteiger partial charge is 0.494 e. The molecule has 1 unspecified atom stereocenters. The van der Waals surface area contributed by atoms with E-state index in [1.165, 1.54) is 0 Å². The molecule has 0 saturated carbocycles. The Labute approximate surface area is 122 Å². The van der Waals surface area contributed by atoms with Gasteiger partial charge in [-0.2, -0.15) is 0 Å². The molecule has 0 amide bonds. The molecule has 0 aliphatic carbocycles. The van der Waals surface area contributed by atoms with Crippen molar-refractivity contribution in [3.8, 4) is 5.75 Å². The molecule has 1 rings (SSSR count). The van der Waals surface area contributed by atoms with Gasteiger partial charge in [-0.05, 0) is 33.9 Å². The Morgan fingerprint density at radius 3 is 2.55 bits per heavy atom. The van der Waals surface area contributed by atoms with Crippen LogP contribution in [0.15, 0.2) is 24.3 Å². The fraction of sp³-hybridized carbons (Fsp3) is 0.625. The smallest absolute Gasteiger partial charge is 0.124 e. The summed E-state index contributed by atoms with van der Waals surface area (Å²) in [5.41, 5.74) is 7.11. The Morgan fingerprint density at radius 1 is 1.25 bits per heavy atom. The standard InChI is InChI=1S/C16H28N2O2/c1-5-19-16-9-7-6-8-14(16)15(12-17)18(4)10-11-20-13(2)3/h6-9,13,15H,5,10-12,17H2,1-4H3. The van der Waals surface area contributed by atoms with Crippen LogP contribution in [0.1, 0.15) is 32.4 Å². The molecular weight excluding hydrogens is 252 g/mol. The first-order valence-electron chi connectivity index (χ1n) is 7.33. The van der Waals surface area contributed by atoms with Crippen LogP contribution >= 0.6 is 0 Å². The maximum atomic E-state index is 5.96. The number of hydrogen-bond donors (Lipinski definition) is 1. The molecule has 0 spiro atoms. The Bertz CT molecular complexity index is 382. The van der Waals surface area contributed by atoms with Crippen LogP contribution in [0.4, 0.5) is 0 Å². The van der Waals surface area contributed by atoms with Crippen LogP contribution in [0.5, 0.6) is 5.75 Å². The van der Waals surface area contributed by atoms with E-state index in [9.17, 15) is 0 Å². The number of nitrogens with zero attached hydrogens (tertiary/aromatic N) is 1. The van der Waals surface area contributed by atoms with Crippen LogP contribution < -0.4 is 10.5 Å². The highest BCUT2D eigenvalue weighted by Crippen LogP contribution is 2.27. The van der Waals surface area contributed by atoms with Crippen LogP contribution in [-0.2, 0) is 4.74 Å². The normalized spacial score (nSPS) is 12.9. The zero-order valence-electron chi connectivity index (χ0n) is 13.1. The van der Waals surface area contributed by atoms with Gasteiger partial charge in [0.05, 0.1) is 25.4 Å². The van der Waals surface area contributed by atoms with Crippen LogP contribution in [0, 0.1) is 0 Å². The third-order valence-corrected chi connectivity index (χ3v) is 3.23. The van der Waals surface area contributed by atoms with Crippen molar-refractivity contribution in [2.45, 2.75) is 32.9 Å². The lowest BCUT2D eigenvalue weighted by Gasteiger charge is -2.28. The van der Waals surface area contributed by atoms with Gasteiger partial charge in [-0.1, -0.05) is 18.2 Å². The van der Waals surface area contributed by atoms with Crippen LogP contribution in [0.25, 0.3) is 0 Å². The zero-order valence-corrected chi connectivity index (χ0v) is 13.1. The minimum atomic E-state index is 0.147. The Kier molecular flexibility index (Phi) is 7.59. The summed E-state index contributed by atoms with van der Waals surface area (Å²) in [4.78, 5) is 2.22. The molecule has 0 bridgehead atoms. The van der Waals surface area contributed by atoms with Gasteiger partial charge in [-0.25, -0.2) is 0 Å². The van der Waals surface area contributed by atoms with Crippen molar-refractivity contribution in [3.05, 3.63) is 29.8 Å². The number of likely N-dealkylation sites (N-methyl/N-ethyl adjacent to an activating group) is 1. The predicted molar refractivity (Wildman–Crippen MR) is 83.1 cm³/mol. The van der Waals surface area contributed by atoms with Crippen LogP contribution in [0.2, 0.25) is 0 Å². The van der Waals surface area contributed by atoms with E-state index < -0.39 is 0 Å². The number of nitrogens with two attached hydrogens (primary N) is 1. The highest BCUT2D eigenvalue weighted by molar-refractivity contribution is 5.36. The maximum Gasteiger partial charge on any atom is 0.124 e. The summed E-state index contributed by atoms with van der Waals surface area (Å²) in [6, 6.07) is 8.25. The van der Waals surface area contributed by atoms with E-state index in [1.54, 1.807) is 0 Å². The second-order valence-electron chi connectivity index (χ2n) is 5.12. The molecular formula is C16H28N2O2. The minimum Gasteiger partial charge on any atom is -0.494 e. The van der Waals surface area contributed by atoms with E-state index in [0.29, 0.717) is 19.8 Å². The number of hydrogen-bond acceptors (Lipinski definition) is 4. The molecule has 0 aromatic heterocycles. The van der Waals surface area contributed by atoms with Crippen molar-refractivity contribution in [3.63, 3.8) is 0 Å². The first-order valence-corrected chi connectivity index (χ1v) is 7.33. The fourth-order valence-electron chi connectivity index (χ4n) is 2.18. The molecule has 4 heteroatoms. The Hall–Kier alpha value is -1.10. The maximum absolute atomic E-state index is 5.96. The Balaban J connectivity index is 2.73. The van der Waals surface area contributed by atoms with Gasteiger partial charge in [0.2, 0.25) is 0 Å². The second kappa shape index (κ2) is 8.95. The molecule has 0 aliphatic rings. The topological polar surface area (TPSA) is 47.7 Å². The first kappa shape index (κ1) is 17.0.